The highest BCUT2D eigenvalue weighted by Gasteiger charge is 2.24. The summed E-state index contributed by atoms with van der Waals surface area (Å²) >= 11 is 0. The van der Waals surface area contributed by atoms with Crippen LogP contribution in [0.25, 0.3) is 43.8 Å². The predicted molar refractivity (Wildman–Crippen MR) is 204 cm³/mol. The van der Waals surface area contributed by atoms with E-state index in [9.17, 15) is 0 Å². The van der Waals surface area contributed by atoms with Crippen molar-refractivity contribution in [1.29, 1.82) is 0 Å². The Kier molecular flexibility index (Phi) is 8.18. The van der Waals surface area contributed by atoms with Crippen molar-refractivity contribution < 1.29 is 0 Å². The fourth-order valence-electron chi connectivity index (χ4n) is 7.06. The lowest BCUT2D eigenvalue weighted by molar-refractivity contribution is 1.15. The molecule has 2 heteroatoms. The van der Waals surface area contributed by atoms with Crippen LogP contribution in [0.4, 0.5) is 17.1 Å². The van der Waals surface area contributed by atoms with E-state index in [0.29, 0.717) is 0 Å². The highest BCUT2D eigenvalue weighted by molar-refractivity contribution is 6.12. The smallest absolute Gasteiger partial charge is 0.0740 e. The molecule has 0 saturated carbocycles. The summed E-state index contributed by atoms with van der Waals surface area (Å²) < 4.78 is 0. The molecule has 47 heavy (non-hydrogen) atoms. The van der Waals surface area contributed by atoms with E-state index < -0.39 is 0 Å². The molecule has 2 nitrogen and oxygen atoms in total. The number of rotatable bonds is 7. The number of nitrogens with zero attached hydrogens (tertiary/aromatic N) is 2. The molecule has 0 aliphatic heterocycles. The van der Waals surface area contributed by atoms with Gasteiger partial charge >= 0.3 is 0 Å². The first-order valence-electron chi connectivity index (χ1n) is 16.5. The van der Waals surface area contributed by atoms with Crippen LogP contribution in [0.5, 0.6) is 0 Å². The van der Waals surface area contributed by atoms with E-state index in [1.165, 1.54) is 66.2 Å². The van der Waals surface area contributed by atoms with Gasteiger partial charge in [-0.3, -0.25) is 4.99 Å². The Morgan fingerprint density at radius 1 is 0.617 bits per heavy atom. The molecule has 0 atom stereocenters. The van der Waals surface area contributed by atoms with Gasteiger partial charge in [0.05, 0.1) is 11.4 Å². The molecular weight excluding hydrogens is 569 g/mol. The molecule has 0 fully saturated rings. The highest BCUT2D eigenvalue weighted by Crippen LogP contribution is 2.49. The normalized spacial score (nSPS) is 11.7. The summed E-state index contributed by atoms with van der Waals surface area (Å²) in [6.45, 7) is 8.78. The molecule has 0 aliphatic rings. The molecule has 0 spiro atoms. The van der Waals surface area contributed by atoms with E-state index in [0.717, 1.165) is 29.1 Å². The zero-order valence-electron chi connectivity index (χ0n) is 27.9. The van der Waals surface area contributed by atoms with Crippen LogP contribution in [0.15, 0.2) is 145 Å². The summed E-state index contributed by atoms with van der Waals surface area (Å²) in [5, 5.41) is 4.94. The Balaban J connectivity index is 1.46. The minimum Gasteiger partial charge on any atom is -0.344 e. The van der Waals surface area contributed by atoms with E-state index in [4.69, 9.17) is 4.99 Å². The molecule has 0 unspecified atom stereocenters. The molecule has 7 aromatic rings. The largest absolute Gasteiger partial charge is 0.344 e. The summed E-state index contributed by atoms with van der Waals surface area (Å²) in [7, 11) is 2.21. The van der Waals surface area contributed by atoms with Crippen LogP contribution in [-0.2, 0) is 6.42 Å². The lowest BCUT2D eigenvalue weighted by atomic mass is 9.82. The number of anilines is 2. The van der Waals surface area contributed by atoms with E-state index in [-0.39, 0.29) is 0 Å². The van der Waals surface area contributed by atoms with Crippen LogP contribution in [0.2, 0.25) is 0 Å². The van der Waals surface area contributed by atoms with Gasteiger partial charge in [0.25, 0.3) is 0 Å². The van der Waals surface area contributed by atoms with Crippen LogP contribution >= 0.6 is 0 Å². The fourth-order valence-corrected chi connectivity index (χ4v) is 7.06. The zero-order chi connectivity index (χ0) is 32.5. The number of fused-ring (bicyclic) bond motifs is 2. The van der Waals surface area contributed by atoms with Gasteiger partial charge in [-0.25, -0.2) is 0 Å². The Hall–Kier alpha value is -5.47. The number of hydrogen-bond donors (Lipinski definition) is 0. The molecule has 230 valence electrons. The Labute approximate surface area is 278 Å². The molecule has 0 bridgehead atoms. The van der Waals surface area contributed by atoms with Crippen molar-refractivity contribution in [2.24, 2.45) is 4.99 Å². The summed E-state index contributed by atoms with van der Waals surface area (Å²) in [5.74, 6) is 0. The predicted octanol–water partition coefficient (Wildman–Crippen LogP) is 12.4. The third-order valence-corrected chi connectivity index (χ3v) is 9.49. The van der Waals surface area contributed by atoms with Crippen LogP contribution in [0.3, 0.4) is 0 Å². The summed E-state index contributed by atoms with van der Waals surface area (Å²) in [5.41, 5.74) is 14.4. The van der Waals surface area contributed by atoms with Crippen LogP contribution in [0.1, 0.15) is 36.1 Å². The second-order valence-corrected chi connectivity index (χ2v) is 12.4. The maximum absolute atomic E-state index is 5.23. The van der Waals surface area contributed by atoms with Gasteiger partial charge in [-0.1, -0.05) is 134 Å². The van der Waals surface area contributed by atoms with Gasteiger partial charge in [-0.2, -0.15) is 0 Å². The van der Waals surface area contributed by atoms with Crippen LogP contribution in [0, 0.1) is 13.8 Å². The molecule has 7 rings (SSSR count). The minimum atomic E-state index is 0.937. The minimum absolute atomic E-state index is 0.937. The molecule has 0 aliphatic carbocycles. The molecular formula is C45H40N2. The summed E-state index contributed by atoms with van der Waals surface area (Å²) in [6, 6.07) is 50.3. The monoisotopic (exact) mass is 608 g/mol. The van der Waals surface area contributed by atoms with Crippen molar-refractivity contribution in [3.63, 3.8) is 0 Å². The van der Waals surface area contributed by atoms with E-state index in [2.05, 4.69) is 179 Å². The number of hydrogen-bond acceptors (Lipinski definition) is 2. The van der Waals surface area contributed by atoms with Gasteiger partial charge in [-0.05, 0) is 89.0 Å². The van der Waals surface area contributed by atoms with Gasteiger partial charge in [0.2, 0.25) is 0 Å². The summed E-state index contributed by atoms with van der Waals surface area (Å²) in [6.07, 6.45) is 0.937. The summed E-state index contributed by atoms with van der Waals surface area (Å²) in [4.78, 5) is 7.61. The standard InChI is InChI=1S/C45H40N2/c1-6-37-40-25-14-15-26-41(40)45(42(34-19-8-7-9-20-34)43(37)38-23-12-10-17-30(38)2)47(5)36-22-16-21-35(29-36)32(4)46-44-31(3)27-28-33-18-11-13-24-39(33)44/h7-29H,6H2,1-5H3. The van der Waals surface area contributed by atoms with E-state index in [1.807, 2.05) is 0 Å². The van der Waals surface area contributed by atoms with Gasteiger partial charge in [0, 0.05) is 34.8 Å². The van der Waals surface area contributed by atoms with E-state index in [1.54, 1.807) is 0 Å². The van der Waals surface area contributed by atoms with Gasteiger partial charge < -0.3 is 4.90 Å². The van der Waals surface area contributed by atoms with Crippen molar-refractivity contribution in [2.45, 2.75) is 34.1 Å². The van der Waals surface area contributed by atoms with Crippen molar-refractivity contribution >= 4 is 44.3 Å². The molecule has 0 amide bonds. The molecule has 0 saturated heterocycles. The first-order chi connectivity index (χ1) is 23.0. The lowest BCUT2D eigenvalue weighted by Crippen LogP contribution is -2.14. The first-order valence-corrected chi connectivity index (χ1v) is 16.5. The maximum Gasteiger partial charge on any atom is 0.0740 e. The average molecular weight is 609 g/mol. The highest BCUT2D eigenvalue weighted by atomic mass is 15.1. The Morgan fingerprint density at radius 3 is 2.06 bits per heavy atom. The van der Waals surface area contributed by atoms with Crippen molar-refractivity contribution in [2.75, 3.05) is 11.9 Å². The second-order valence-electron chi connectivity index (χ2n) is 12.4. The van der Waals surface area contributed by atoms with Crippen molar-refractivity contribution in [3.05, 3.63) is 162 Å². The second kappa shape index (κ2) is 12.7. The van der Waals surface area contributed by atoms with Crippen molar-refractivity contribution in [1.82, 2.24) is 0 Å². The molecule has 0 aromatic heterocycles. The zero-order valence-corrected chi connectivity index (χ0v) is 27.9. The van der Waals surface area contributed by atoms with Crippen molar-refractivity contribution in [3.8, 4) is 22.3 Å². The van der Waals surface area contributed by atoms with E-state index >= 15 is 0 Å². The maximum atomic E-state index is 5.23. The SMILES string of the molecule is CCc1c(-c2ccccc2C)c(-c2ccccc2)c(N(C)c2cccc(C(C)=Nc3c(C)ccc4ccccc34)c2)c2ccccc12. The number of aryl methyl sites for hydroxylation is 3. The first kappa shape index (κ1) is 30.2. The molecule has 0 N–H and O–H groups in total. The Bertz CT molecular complexity index is 2280. The van der Waals surface area contributed by atoms with Crippen LogP contribution in [-0.4, -0.2) is 12.8 Å². The third kappa shape index (κ3) is 5.51. The molecule has 0 heterocycles. The number of aliphatic imine (C=N–C) groups is 1. The van der Waals surface area contributed by atoms with Gasteiger partial charge in [0.15, 0.2) is 0 Å². The topological polar surface area (TPSA) is 15.6 Å². The average Bonchev–Trinajstić information content (AvgIpc) is 3.12. The Morgan fingerprint density at radius 2 is 1.30 bits per heavy atom. The quantitative estimate of drug-likeness (QED) is 0.164. The molecule has 0 radical (unpaired) electrons. The number of benzene rings is 7. The van der Waals surface area contributed by atoms with Gasteiger partial charge in [-0.15, -0.1) is 0 Å². The molecule has 7 aromatic carbocycles. The third-order valence-electron chi connectivity index (χ3n) is 9.49. The fraction of sp³-hybridized carbons (Fsp3) is 0.133. The van der Waals surface area contributed by atoms with Gasteiger partial charge in [0.1, 0.15) is 0 Å². The van der Waals surface area contributed by atoms with Crippen LogP contribution < -0.4 is 4.90 Å². The lowest BCUT2D eigenvalue weighted by Gasteiger charge is -2.30.